The normalized spacial score (nSPS) is 17.3. The molecular weight excluding hydrogens is 354 g/mol. The van der Waals surface area contributed by atoms with Crippen molar-refractivity contribution < 1.29 is 19.0 Å². The van der Waals surface area contributed by atoms with Gasteiger partial charge in [-0.15, -0.1) is 0 Å². The van der Waals surface area contributed by atoms with Crippen molar-refractivity contribution in [3.05, 3.63) is 61.4 Å². The Hall–Kier alpha value is -3.49. The second kappa shape index (κ2) is 6.35. The van der Waals surface area contributed by atoms with E-state index >= 15 is 0 Å². The maximum absolute atomic E-state index is 12.7. The minimum atomic E-state index is -0.740. The van der Waals surface area contributed by atoms with Gasteiger partial charge >= 0.3 is 11.7 Å². The molecular formula is C18H17N3O6. The van der Waals surface area contributed by atoms with Gasteiger partial charge in [0.05, 0.1) is 23.7 Å². The van der Waals surface area contributed by atoms with Gasteiger partial charge in [-0.25, -0.2) is 9.59 Å². The van der Waals surface area contributed by atoms with Crippen molar-refractivity contribution in [2.75, 3.05) is 18.7 Å². The van der Waals surface area contributed by atoms with E-state index in [0.717, 1.165) is 0 Å². The first-order chi connectivity index (χ1) is 13.0. The summed E-state index contributed by atoms with van der Waals surface area (Å²) in [6, 6.07) is 5.20. The first kappa shape index (κ1) is 17.0. The van der Waals surface area contributed by atoms with Crippen LogP contribution in [0.15, 0.2) is 39.1 Å². The summed E-state index contributed by atoms with van der Waals surface area (Å²) in [5, 5.41) is 2.93. The predicted octanol–water partition coefficient (Wildman–Crippen LogP) is 1.19. The molecule has 9 nitrogen and oxygen atoms in total. The molecule has 0 unspecified atom stereocenters. The molecule has 1 atom stereocenters. The number of carbonyl (C=O) groups excluding carboxylic acids is 1. The molecule has 0 saturated heterocycles. The van der Waals surface area contributed by atoms with E-state index in [0.29, 0.717) is 28.3 Å². The van der Waals surface area contributed by atoms with E-state index in [4.69, 9.17) is 14.2 Å². The summed E-state index contributed by atoms with van der Waals surface area (Å²) >= 11 is 0. The Balaban J connectivity index is 1.95. The van der Waals surface area contributed by atoms with Gasteiger partial charge in [0.25, 0.3) is 5.56 Å². The third-order valence-corrected chi connectivity index (χ3v) is 4.50. The van der Waals surface area contributed by atoms with Gasteiger partial charge < -0.3 is 19.5 Å². The van der Waals surface area contributed by atoms with Gasteiger partial charge in [0.1, 0.15) is 5.82 Å². The Labute approximate surface area is 153 Å². The number of H-pyrrole nitrogens is 2. The molecule has 0 radical (unpaired) electrons. The van der Waals surface area contributed by atoms with E-state index in [9.17, 15) is 14.4 Å². The topological polar surface area (TPSA) is 123 Å². The van der Waals surface area contributed by atoms with E-state index in [1.165, 1.54) is 0 Å². The SMILES string of the molecule is CCOC(=O)C1=C(C)Nc2[nH]c(=O)[nH]c(=O)c2[C@@H]1c1ccc2c(c1)OCO2. The number of benzene rings is 1. The molecule has 0 bridgehead atoms. The van der Waals surface area contributed by atoms with Gasteiger partial charge in [-0.2, -0.15) is 0 Å². The Bertz CT molecular complexity index is 1080. The fraction of sp³-hybridized carbons (Fsp3) is 0.278. The lowest BCUT2D eigenvalue weighted by Crippen LogP contribution is -2.35. The molecule has 2 aromatic rings. The number of aromatic nitrogens is 2. The number of aromatic amines is 2. The van der Waals surface area contributed by atoms with Crippen LogP contribution < -0.4 is 26.0 Å². The third-order valence-electron chi connectivity index (χ3n) is 4.50. The molecule has 27 heavy (non-hydrogen) atoms. The largest absolute Gasteiger partial charge is 0.463 e. The van der Waals surface area contributed by atoms with Gasteiger partial charge in [-0.3, -0.25) is 14.8 Å². The van der Waals surface area contributed by atoms with Crippen LogP contribution in [0.1, 0.15) is 30.9 Å². The molecule has 9 heteroatoms. The summed E-state index contributed by atoms with van der Waals surface area (Å²) in [6.45, 7) is 3.69. The third kappa shape index (κ3) is 2.77. The first-order valence-electron chi connectivity index (χ1n) is 8.40. The Morgan fingerprint density at radius 2 is 2.00 bits per heavy atom. The molecule has 140 valence electrons. The highest BCUT2D eigenvalue weighted by Crippen LogP contribution is 2.42. The lowest BCUT2D eigenvalue weighted by atomic mass is 9.82. The van der Waals surface area contributed by atoms with Crippen LogP contribution in [-0.2, 0) is 9.53 Å². The van der Waals surface area contributed by atoms with Crippen LogP contribution in [0.25, 0.3) is 0 Å². The second-order valence-electron chi connectivity index (χ2n) is 6.13. The minimum absolute atomic E-state index is 0.106. The number of ether oxygens (including phenoxy) is 3. The van der Waals surface area contributed by atoms with Crippen LogP contribution in [-0.4, -0.2) is 29.3 Å². The molecule has 0 saturated carbocycles. The van der Waals surface area contributed by atoms with Crippen LogP contribution in [0.4, 0.5) is 5.82 Å². The predicted molar refractivity (Wildman–Crippen MR) is 95.0 cm³/mol. The van der Waals surface area contributed by atoms with Crippen molar-refractivity contribution in [2.24, 2.45) is 0 Å². The fourth-order valence-electron chi connectivity index (χ4n) is 3.39. The maximum atomic E-state index is 12.7. The van der Waals surface area contributed by atoms with Gasteiger partial charge in [0.15, 0.2) is 11.5 Å². The monoisotopic (exact) mass is 371 g/mol. The molecule has 0 amide bonds. The lowest BCUT2D eigenvalue weighted by Gasteiger charge is -2.28. The van der Waals surface area contributed by atoms with E-state index < -0.39 is 23.1 Å². The van der Waals surface area contributed by atoms with Crippen molar-refractivity contribution in [3.8, 4) is 11.5 Å². The lowest BCUT2D eigenvalue weighted by molar-refractivity contribution is -0.138. The van der Waals surface area contributed by atoms with Gasteiger partial charge in [0, 0.05) is 5.70 Å². The number of anilines is 1. The number of hydrogen-bond donors (Lipinski definition) is 3. The van der Waals surface area contributed by atoms with E-state index in [2.05, 4.69) is 15.3 Å². The highest BCUT2D eigenvalue weighted by molar-refractivity contribution is 5.94. The highest BCUT2D eigenvalue weighted by Gasteiger charge is 2.36. The number of nitrogens with one attached hydrogen (secondary N) is 3. The van der Waals surface area contributed by atoms with Crippen LogP contribution in [0.2, 0.25) is 0 Å². The molecule has 2 aliphatic rings. The molecule has 3 N–H and O–H groups in total. The average Bonchev–Trinajstić information content (AvgIpc) is 3.07. The Morgan fingerprint density at radius 3 is 2.78 bits per heavy atom. The quantitative estimate of drug-likeness (QED) is 0.693. The number of hydrogen-bond acceptors (Lipinski definition) is 7. The summed E-state index contributed by atoms with van der Waals surface area (Å²) in [5.41, 5.74) is 0.427. The Kier molecular flexibility index (Phi) is 3.98. The van der Waals surface area contributed by atoms with Gasteiger partial charge in [-0.1, -0.05) is 6.07 Å². The number of rotatable bonds is 3. The Morgan fingerprint density at radius 1 is 1.22 bits per heavy atom. The van der Waals surface area contributed by atoms with Gasteiger partial charge in [-0.05, 0) is 31.5 Å². The minimum Gasteiger partial charge on any atom is -0.463 e. The van der Waals surface area contributed by atoms with Crippen molar-refractivity contribution in [2.45, 2.75) is 19.8 Å². The van der Waals surface area contributed by atoms with Crippen molar-refractivity contribution >= 4 is 11.8 Å². The highest BCUT2D eigenvalue weighted by atomic mass is 16.7. The van der Waals surface area contributed by atoms with E-state index in [1.807, 2.05) is 0 Å². The standard InChI is InChI=1S/C18H17N3O6/c1-3-25-17(23)12-8(2)19-15-14(16(22)21-18(24)20-15)13(12)9-4-5-10-11(6-9)27-7-26-10/h4-6,13H,3,7H2,1-2H3,(H3,19,20,21,22,24)/t13-/m1/s1. The summed E-state index contributed by atoms with van der Waals surface area (Å²) in [5.74, 6) is 0.0738. The molecule has 2 aliphatic heterocycles. The van der Waals surface area contributed by atoms with Crippen molar-refractivity contribution in [1.82, 2.24) is 9.97 Å². The molecule has 0 spiro atoms. The molecule has 3 heterocycles. The zero-order chi connectivity index (χ0) is 19.1. The number of allylic oxidation sites excluding steroid dienone is 1. The average molecular weight is 371 g/mol. The van der Waals surface area contributed by atoms with Crippen LogP contribution in [0.5, 0.6) is 11.5 Å². The number of esters is 1. The molecule has 4 rings (SSSR count). The van der Waals surface area contributed by atoms with Gasteiger partial charge in [0.2, 0.25) is 6.79 Å². The number of fused-ring (bicyclic) bond motifs is 2. The summed E-state index contributed by atoms with van der Waals surface area (Å²) in [7, 11) is 0. The molecule has 1 aromatic heterocycles. The molecule has 0 aliphatic carbocycles. The van der Waals surface area contributed by atoms with Crippen LogP contribution >= 0.6 is 0 Å². The molecule has 1 aromatic carbocycles. The second-order valence-corrected chi connectivity index (χ2v) is 6.13. The van der Waals surface area contributed by atoms with Crippen molar-refractivity contribution in [3.63, 3.8) is 0 Å². The van der Waals surface area contributed by atoms with Crippen LogP contribution in [0.3, 0.4) is 0 Å². The molecule has 0 fully saturated rings. The summed E-state index contributed by atoms with van der Waals surface area (Å²) in [4.78, 5) is 41.7. The summed E-state index contributed by atoms with van der Waals surface area (Å²) in [6.07, 6.45) is 0. The smallest absolute Gasteiger partial charge is 0.336 e. The number of carbonyl (C=O) groups is 1. The van der Waals surface area contributed by atoms with Crippen LogP contribution in [0, 0.1) is 0 Å². The maximum Gasteiger partial charge on any atom is 0.336 e. The zero-order valence-corrected chi connectivity index (χ0v) is 14.7. The summed E-state index contributed by atoms with van der Waals surface area (Å²) < 4.78 is 16.0. The zero-order valence-electron chi connectivity index (χ0n) is 14.7. The van der Waals surface area contributed by atoms with E-state index in [-0.39, 0.29) is 24.8 Å². The van der Waals surface area contributed by atoms with Crippen molar-refractivity contribution in [1.29, 1.82) is 0 Å². The fourth-order valence-corrected chi connectivity index (χ4v) is 3.39. The first-order valence-corrected chi connectivity index (χ1v) is 8.40. The van der Waals surface area contributed by atoms with E-state index in [1.54, 1.807) is 32.0 Å².